The van der Waals surface area contributed by atoms with Crippen LogP contribution in [0.25, 0.3) is 0 Å². The maximum absolute atomic E-state index is 12.5. The average Bonchev–Trinajstić information content (AvgIpc) is 3.08. The van der Waals surface area contributed by atoms with Gasteiger partial charge in [-0.15, -0.1) is 0 Å². The lowest BCUT2D eigenvalue weighted by Crippen LogP contribution is -2.38. The van der Waals surface area contributed by atoms with E-state index < -0.39 is 0 Å². The molecule has 0 fully saturated rings. The first kappa shape index (κ1) is 19.4. The van der Waals surface area contributed by atoms with Gasteiger partial charge in [0, 0.05) is 22.0 Å². The SMILES string of the molecule is Cc1nonc1C(=O)N[C@H](C)[C@H](Cc1ccc(Cl)cc1)c1ccc(Cl)cc1. The molecule has 2 atom stereocenters. The second kappa shape index (κ2) is 8.55. The fourth-order valence-corrected chi connectivity index (χ4v) is 3.23. The van der Waals surface area contributed by atoms with Crippen molar-refractivity contribution in [2.75, 3.05) is 0 Å². The predicted octanol–water partition coefficient (Wildman–Crippen LogP) is 4.83. The molecular formula is C20H19Cl2N3O2. The minimum Gasteiger partial charge on any atom is -0.347 e. The van der Waals surface area contributed by atoms with Gasteiger partial charge in [0.15, 0.2) is 5.69 Å². The number of hydrogen-bond donors (Lipinski definition) is 1. The predicted molar refractivity (Wildman–Crippen MR) is 105 cm³/mol. The van der Waals surface area contributed by atoms with E-state index in [9.17, 15) is 4.79 Å². The molecule has 3 rings (SSSR count). The van der Waals surface area contributed by atoms with Gasteiger partial charge in [-0.25, -0.2) is 4.63 Å². The highest BCUT2D eigenvalue weighted by atomic mass is 35.5. The number of carbonyl (C=O) groups is 1. The van der Waals surface area contributed by atoms with E-state index in [4.69, 9.17) is 23.2 Å². The highest BCUT2D eigenvalue weighted by Gasteiger charge is 2.24. The van der Waals surface area contributed by atoms with Gasteiger partial charge < -0.3 is 5.32 Å². The van der Waals surface area contributed by atoms with Crippen LogP contribution in [0.2, 0.25) is 10.0 Å². The monoisotopic (exact) mass is 403 g/mol. The maximum atomic E-state index is 12.5. The number of aromatic nitrogens is 2. The van der Waals surface area contributed by atoms with Crippen LogP contribution in [0.3, 0.4) is 0 Å². The third-order valence-corrected chi connectivity index (χ3v) is 5.00. The van der Waals surface area contributed by atoms with Crippen molar-refractivity contribution >= 4 is 29.1 Å². The molecule has 3 aromatic rings. The summed E-state index contributed by atoms with van der Waals surface area (Å²) in [6.07, 6.45) is 0.732. The van der Waals surface area contributed by atoms with Crippen molar-refractivity contribution < 1.29 is 9.42 Å². The van der Waals surface area contributed by atoms with Crippen LogP contribution in [0, 0.1) is 6.92 Å². The molecule has 2 aromatic carbocycles. The van der Waals surface area contributed by atoms with E-state index in [1.54, 1.807) is 6.92 Å². The highest BCUT2D eigenvalue weighted by Crippen LogP contribution is 2.27. The van der Waals surface area contributed by atoms with E-state index in [1.807, 2.05) is 55.5 Å². The molecule has 0 aliphatic carbocycles. The molecule has 7 heteroatoms. The van der Waals surface area contributed by atoms with Crippen LogP contribution in [-0.2, 0) is 6.42 Å². The van der Waals surface area contributed by atoms with Crippen molar-refractivity contribution in [3.63, 3.8) is 0 Å². The third-order valence-electron chi connectivity index (χ3n) is 4.50. The molecule has 0 saturated carbocycles. The van der Waals surface area contributed by atoms with Gasteiger partial charge in [-0.05, 0) is 60.8 Å². The number of nitrogens with one attached hydrogen (secondary N) is 1. The molecule has 1 amide bonds. The van der Waals surface area contributed by atoms with Crippen molar-refractivity contribution in [2.45, 2.75) is 32.2 Å². The molecule has 0 saturated heterocycles. The van der Waals surface area contributed by atoms with Crippen LogP contribution < -0.4 is 5.32 Å². The highest BCUT2D eigenvalue weighted by molar-refractivity contribution is 6.30. The number of nitrogens with zero attached hydrogens (tertiary/aromatic N) is 2. The second-order valence-corrected chi connectivity index (χ2v) is 7.32. The molecule has 1 aromatic heterocycles. The van der Waals surface area contributed by atoms with Crippen molar-refractivity contribution in [3.8, 4) is 0 Å². The van der Waals surface area contributed by atoms with Crippen LogP contribution in [0.15, 0.2) is 53.2 Å². The van der Waals surface area contributed by atoms with Crippen LogP contribution in [-0.4, -0.2) is 22.3 Å². The zero-order valence-corrected chi connectivity index (χ0v) is 16.5. The Kier molecular flexibility index (Phi) is 6.14. The molecule has 0 bridgehead atoms. The first-order valence-electron chi connectivity index (χ1n) is 8.54. The largest absolute Gasteiger partial charge is 0.347 e. The van der Waals surface area contributed by atoms with E-state index in [2.05, 4.69) is 20.3 Å². The molecule has 1 N–H and O–H groups in total. The van der Waals surface area contributed by atoms with E-state index >= 15 is 0 Å². The van der Waals surface area contributed by atoms with E-state index in [0.717, 1.165) is 17.5 Å². The lowest BCUT2D eigenvalue weighted by Gasteiger charge is -2.25. The summed E-state index contributed by atoms with van der Waals surface area (Å²) < 4.78 is 4.63. The van der Waals surface area contributed by atoms with Crippen LogP contribution in [0.4, 0.5) is 0 Å². The Labute approximate surface area is 167 Å². The Morgan fingerprint density at radius 2 is 1.63 bits per heavy atom. The lowest BCUT2D eigenvalue weighted by molar-refractivity contribution is 0.0924. The summed E-state index contributed by atoms with van der Waals surface area (Å²) in [6, 6.07) is 15.2. The van der Waals surface area contributed by atoms with Gasteiger partial charge in [0.25, 0.3) is 5.91 Å². The topological polar surface area (TPSA) is 68.0 Å². The molecular weight excluding hydrogens is 385 g/mol. The van der Waals surface area contributed by atoms with Gasteiger partial charge in [-0.3, -0.25) is 4.79 Å². The number of carbonyl (C=O) groups excluding carboxylic acids is 1. The Balaban J connectivity index is 1.83. The minimum absolute atomic E-state index is 0.0348. The summed E-state index contributed by atoms with van der Waals surface area (Å²) in [6.45, 7) is 3.65. The fraction of sp³-hybridized carbons (Fsp3) is 0.250. The molecule has 27 heavy (non-hydrogen) atoms. The van der Waals surface area contributed by atoms with Crippen molar-refractivity contribution in [3.05, 3.63) is 81.1 Å². The molecule has 0 aliphatic heterocycles. The third kappa shape index (κ3) is 4.87. The zero-order chi connectivity index (χ0) is 19.4. The lowest BCUT2D eigenvalue weighted by atomic mass is 9.86. The van der Waals surface area contributed by atoms with Crippen LogP contribution >= 0.6 is 23.2 Å². The maximum Gasteiger partial charge on any atom is 0.275 e. The fourth-order valence-electron chi connectivity index (χ4n) is 2.98. The molecule has 0 spiro atoms. The van der Waals surface area contributed by atoms with Crippen LogP contribution in [0.1, 0.15) is 40.2 Å². The number of halogens is 2. The number of benzene rings is 2. The van der Waals surface area contributed by atoms with Crippen molar-refractivity contribution in [1.29, 1.82) is 0 Å². The number of aryl methyl sites for hydroxylation is 1. The minimum atomic E-state index is -0.309. The molecule has 140 valence electrons. The summed E-state index contributed by atoms with van der Waals surface area (Å²) in [5, 5.41) is 11.7. The Bertz CT molecular complexity index is 908. The van der Waals surface area contributed by atoms with Crippen molar-refractivity contribution in [2.24, 2.45) is 0 Å². The summed E-state index contributed by atoms with van der Waals surface area (Å²) in [4.78, 5) is 12.5. The van der Waals surface area contributed by atoms with Crippen LogP contribution in [0.5, 0.6) is 0 Å². The number of hydrogen-bond acceptors (Lipinski definition) is 4. The molecule has 0 aliphatic rings. The van der Waals surface area contributed by atoms with Gasteiger partial charge in [-0.2, -0.15) is 0 Å². The Morgan fingerprint density at radius 3 is 2.19 bits per heavy atom. The van der Waals surface area contributed by atoms with E-state index in [0.29, 0.717) is 15.7 Å². The molecule has 0 radical (unpaired) electrons. The summed E-state index contributed by atoms with van der Waals surface area (Å²) >= 11 is 12.0. The van der Waals surface area contributed by atoms with Gasteiger partial charge in [0.1, 0.15) is 5.69 Å². The Hall–Kier alpha value is -2.37. The van der Waals surface area contributed by atoms with Gasteiger partial charge in [0.05, 0.1) is 0 Å². The zero-order valence-electron chi connectivity index (χ0n) is 14.9. The van der Waals surface area contributed by atoms with Gasteiger partial charge >= 0.3 is 0 Å². The first-order valence-corrected chi connectivity index (χ1v) is 9.29. The molecule has 1 heterocycles. The second-order valence-electron chi connectivity index (χ2n) is 6.45. The summed E-state index contributed by atoms with van der Waals surface area (Å²) in [7, 11) is 0. The average molecular weight is 404 g/mol. The normalized spacial score (nSPS) is 13.2. The van der Waals surface area contributed by atoms with Gasteiger partial charge in [0.2, 0.25) is 0 Å². The van der Waals surface area contributed by atoms with Crippen molar-refractivity contribution in [1.82, 2.24) is 15.6 Å². The number of amides is 1. The Morgan fingerprint density at radius 1 is 1.04 bits per heavy atom. The van der Waals surface area contributed by atoms with E-state index in [-0.39, 0.29) is 23.6 Å². The van der Waals surface area contributed by atoms with E-state index in [1.165, 1.54) is 0 Å². The standard InChI is InChI=1S/C20H19Cl2N3O2/c1-12(23-20(26)19-13(2)24-27-25-19)18(15-5-9-17(22)10-6-15)11-14-3-7-16(21)8-4-14/h3-10,12,18H,11H2,1-2H3,(H,23,26)/t12-,18+/m1/s1. The van der Waals surface area contributed by atoms with Gasteiger partial charge in [-0.1, -0.05) is 52.6 Å². The molecule has 0 unspecified atom stereocenters. The summed E-state index contributed by atoms with van der Waals surface area (Å²) in [5.41, 5.74) is 2.86. The first-order chi connectivity index (χ1) is 12.9. The number of rotatable bonds is 6. The summed E-state index contributed by atoms with van der Waals surface area (Å²) in [5.74, 6) is -0.274. The quantitative estimate of drug-likeness (QED) is 0.639. The molecule has 5 nitrogen and oxygen atoms in total. The smallest absolute Gasteiger partial charge is 0.275 e.